The molecule has 13 heavy (non-hydrogen) atoms. The van der Waals surface area contributed by atoms with Crippen LogP contribution in [-0.2, 0) is 6.18 Å². The molecule has 0 aliphatic rings. The van der Waals surface area contributed by atoms with Crippen molar-refractivity contribution in [2.45, 2.75) is 6.18 Å². The zero-order valence-corrected chi connectivity index (χ0v) is 6.32. The van der Waals surface area contributed by atoms with Crippen LogP contribution in [-0.4, -0.2) is 0 Å². The van der Waals surface area contributed by atoms with Crippen molar-refractivity contribution in [3.05, 3.63) is 23.5 Å². The summed E-state index contributed by atoms with van der Waals surface area (Å²) in [4.78, 5) is 0. The topological polar surface area (TPSA) is 52.0 Å². The molecule has 0 bridgehead atoms. The summed E-state index contributed by atoms with van der Waals surface area (Å²) < 4.78 is 48.8. The van der Waals surface area contributed by atoms with Gasteiger partial charge in [-0.2, -0.15) is 13.2 Å². The van der Waals surface area contributed by atoms with Crippen LogP contribution in [0.15, 0.2) is 12.1 Å². The summed E-state index contributed by atoms with van der Waals surface area (Å²) in [5.41, 5.74) is 7.67. The van der Waals surface area contributed by atoms with Gasteiger partial charge in [0.15, 0.2) is 5.82 Å². The Morgan fingerprint density at radius 3 is 1.69 bits per heavy atom. The molecule has 6 heteroatoms. The third kappa shape index (κ3) is 1.82. The van der Waals surface area contributed by atoms with Gasteiger partial charge in [0.1, 0.15) is 0 Å². The Kier molecular flexibility index (Phi) is 2.07. The fourth-order valence-corrected chi connectivity index (χ4v) is 0.834. The Morgan fingerprint density at radius 2 is 1.38 bits per heavy atom. The predicted octanol–water partition coefficient (Wildman–Crippen LogP) is 2.01. The van der Waals surface area contributed by atoms with E-state index in [0.29, 0.717) is 12.1 Å². The first kappa shape index (κ1) is 9.63. The summed E-state index contributed by atoms with van der Waals surface area (Å²) in [6, 6.07) is 1.01. The average Bonchev–Trinajstić information content (AvgIpc) is 1.97. The van der Waals surface area contributed by atoms with Gasteiger partial charge in [0, 0.05) is 0 Å². The third-order valence-corrected chi connectivity index (χ3v) is 1.46. The molecule has 0 aromatic heterocycles. The lowest BCUT2D eigenvalue weighted by atomic mass is 10.1. The first-order valence-corrected chi connectivity index (χ1v) is 3.24. The van der Waals surface area contributed by atoms with Crippen molar-refractivity contribution in [1.29, 1.82) is 0 Å². The van der Waals surface area contributed by atoms with Gasteiger partial charge in [0.05, 0.1) is 16.9 Å². The van der Waals surface area contributed by atoms with E-state index in [2.05, 4.69) is 0 Å². The zero-order valence-electron chi connectivity index (χ0n) is 6.32. The maximum atomic E-state index is 12.7. The van der Waals surface area contributed by atoms with Crippen molar-refractivity contribution < 1.29 is 17.6 Å². The maximum Gasteiger partial charge on any atom is 0.416 e. The largest absolute Gasteiger partial charge is 0.416 e. The van der Waals surface area contributed by atoms with E-state index in [9.17, 15) is 17.6 Å². The molecule has 4 N–H and O–H groups in total. The Bertz CT molecular complexity index is 309. The van der Waals surface area contributed by atoms with Crippen LogP contribution < -0.4 is 11.5 Å². The van der Waals surface area contributed by atoms with Crippen LogP contribution in [0.25, 0.3) is 0 Å². The van der Waals surface area contributed by atoms with E-state index in [1.807, 2.05) is 0 Å². The highest BCUT2D eigenvalue weighted by Crippen LogP contribution is 2.33. The minimum Gasteiger partial charge on any atom is -0.396 e. The highest BCUT2D eigenvalue weighted by atomic mass is 19.4. The van der Waals surface area contributed by atoms with Gasteiger partial charge in [-0.25, -0.2) is 4.39 Å². The molecule has 72 valence electrons. The molecule has 0 saturated carbocycles. The fourth-order valence-electron chi connectivity index (χ4n) is 0.834. The lowest BCUT2D eigenvalue weighted by Gasteiger charge is -2.09. The Hall–Kier alpha value is -1.46. The number of nitrogen functional groups attached to an aromatic ring is 2. The van der Waals surface area contributed by atoms with Gasteiger partial charge in [-0.1, -0.05) is 0 Å². The highest BCUT2D eigenvalue weighted by Gasteiger charge is 2.31. The number of hydrogen-bond acceptors (Lipinski definition) is 2. The summed E-state index contributed by atoms with van der Waals surface area (Å²) in [6.07, 6.45) is -4.56. The molecule has 1 rings (SSSR count). The summed E-state index contributed by atoms with van der Waals surface area (Å²) >= 11 is 0. The molecule has 1 aromatic rings. The van der Waals surface area contributed by atoms with Gasteiger partial charge in [-0.3, -0.25) is 0 Å². The summed E-state index contributed by atoms with van der Waals surface area (Å²) in [5, 5.41) is 0. The monoisotopic (exact) mass is 194 g/mol. The average molecular weight is 194 g/mol. The van der Waals surface area contributed by atoms with Crippen molar-refractivity contribution in [2.75, 3.05) is 11.5 Å². The molecule has 0 fully saturated rings. The van der Waals surface area contributed by atoms with Gasteiger partial charge in [0.2, 0.25) is 0 Å². The van der Waals surface area contributed by atoms with E-state index in [1.54, 1.807) is 0 Å². The molecule has 0 spiro atoms. The Balaban J connectivity index is 3.29. The molecule has 0 radical (unpaired) electrons. The summed E-state index contributed by atoms with van der Waals surface area (Å²) in [5.74, 6) is -1.02. The lowest BCUT2D eigenvalue weighted by molar-refractivity contribution is -0.137. The third-order valence-electron chi connectivity index (χ3n) is 1.46. The molecule has 0 heterocycles. The van der Waals surface area contributed by atoms with Gasteiger partial charge in [0.25, 0.3) is 0 Å². The first-order chi connectivity index (χ1) is 5.82. The molecule has 0 aliphatic carbocycles. The fraction of sp³-hybridized carbons (Fsp3) is 0.143. The van der Waals surface area contributed by atoms with Gasteiger partial charge in [-0.05, 0) is 12.1 Å². The number of nitrogens with two attached hydrogens (primary N) is 2. The maximum absolute atomic E-state index is 12.7. The number of alkyl halides is 3. The molecule has 0 aliphatic heterocycles. The minimum absolute atomic E-state index is 0.506. The predicted molar refractivity (Wildman–Crippen MR) is 40.2 cm³/mol. The molecule has 0 saturated heterocycles. The van der Waals surface area contributed by atoms with Gasteiger partial charge >= 0.3 is 6.18 Å². The number of hydrogen-bond donors (Lipinski definition) is 2. The van der Waals surface area contributed by atoms with E-state index in [1.165, 1.54) is 0 Å². The second kappa shape index (κ2) is 2.79. The quantitative estimate of drug-likeness (QED) is 0.490. The summed E-state index contributed by atoms with van der Waals surface area (Å²) in [6.45, 7) is 0. The number of anilines is 2. The molecule has 1 aromatic carbocycles. The van der Waals surface area contributed by atoms with Crippen LogP contribution in [0.2, 0.25) is 0 Å². The van der Waals surface area contributed by atoms with Crippen molar-refractivity contribution in [1.82, 2.24) is 0 Å². The minimum atomic E-state index is -4.56. The van der Waals surface area contributed by atoms with Crippen LogP contribution in [0, 0.1) is 5.82 Å². The number of benzene rings is 1. The van der Waals surface area contributed by atoms with Crippen molar-refractivity contribution in [3.63, 3.8) is 0 Å². The van der Waals surface area contributed by atoms with E-state index in [4.69, 9.17) is 11.5 Å². The van der Waals surface area contributed by atoms with Crippen LogP contribution >= 0.6 is 0 Å². The second-order valence-corrected chi connectivity index (χ2v) is 2.47. The van der Waals surface area contributed by atoms with E-state index < -0.39 is 28.9 Å². The van der Waals surface area contributed by atoms with Crippen LogP contribution in [0.1, 0.15) is 5.56 Å². The second-order valence-electron chi connectivity index (χ2n) is 2.47. The van der Waals surface area contributed by atoms with E-state index in [0.717, 1.165) is 0 Å². The zero-order chi connectivity index (χ0) is 10.2. The SMILES string of the molecule is Nc1cc(C(F)(F)F)cc(N)c1F. The lowest BCUT2D eigenvalue weighted by Crippen LogP contribution is -2.08. The Labute approximate surface area is 71.1 Å². The standard InChI is InChI=1S/C7H6F4N2/c8-6-4(12)1-3(2-5(6)13)7(9,10)11/h1-2H,12-13H2. The van der Waals surface area contributed by atoms with Crippen LogP contribution in [0.3, 0.4) is 0 Å². The number of rotatable bonds is 0. The van der Waals surface area contributed by atoms with E-state index >= 15 is 0 Å². The van der Waals surface area contributed by atoms with E-state index in [-0.39, 0.29) is 0 Å². The Morgan fingerprint density at radius 1 is 1.00 bits per heavy atom. The molecule has 0 atom stereocenters. The normalized spacial score (nSPS) is 11.7. The van der Waals surface area contributed by atoms with Crippen LogP contribution in [0.5, 0.6) is 0 Å². The van der Waals surface area contributed by atoms with Crippen molar-refractivity contribution >= 4 is 11.4 Å². The first-order valence-electron chi connectivity index (χ1n) is 3.24. The highest BCUT2D eigenvalue weighted by molar-refractivity contribution is 5.56. The molecule has 2 nitrogen and oxygen atoms in total. The van der Waals surface area contributed by atoms with Gasteiger partial charge < -0.3 is 11.5 Å². The molecular formula is C7H6F4N2. The molecular weight excluding hydrogens is 188 g/mol. The van der Waals surface area contributed by atoms with Crippen molar-refractivity contribution in [2.24, 2.45) is 0 Å². The van der Waals surface area contributed by atoms with Crippen molar-refractivity contribution in [3.8, 4) is 0 Å². The van der Waals surface area contributed by atoms with Gasteiger partial charge in [-0.15, -0.1) is 0 Å². The summed E-state index contributed by atoms with van der Waals surface area (Å²) in [7, 11) is 0. The van der Waals surface area contributed by atoms with Crippen LogP contribution in [0.4, 0.5) is 28.9 Å². The smallest absolute Gasteiger partial charge is 0.396 e. The molecule has 0 unspecified atom stereocenters. The molecule has 0 amide bonds. The number of halogens is 4.